The second kappa shape index (κ2) is 14.6. The van der Waals surface area contributed by atoms with Gasteiger partial charge in [-0.3, -0.25) is 18.2 Å². The molecule has 0 aromatic heterocycles. The molecule has 0 aliphatic carbocycles. The summed E-state index contributed by atoms with van der Waals surface area (Å²) in [6.45, 7) is 3.22. The average Bonchev–Trinajstić information content (AvgIpc) is 3.06. The molecule has 252 valence electrons. The van der Waals surface area contributed by atoms with Crippen LogP contribution in [0.25, 0.3) is 0 Å². The van der Waals surface area contributed by atoms with Crippen LogP contribution in [0.2, 0.25) is 10.0 Å². The first-order chi connectivity index (χ1) is 22.8. The minimum atomic E-state index is -4.14. The van der Waals surface area contributed by atoms with Gasteiger partial charge in [-0.05, 0) is 74.5 Å². The van der Waals surface area contributed by atoms with E-state index in [1.54, 1.807) is 60.7 Å². The highest BCUT2D eigenvalue weighted by atomic mass is 35.5. The maximum absolute atomic E-state index is 13.8. The van der Waals surface area contributed by atoms with E-state index in [0.717, 1.165) is 19.7 Å². The first-order valence-electron chi connectivity index (χ1n) is 15.0. The van der Waals surface area contributed by atoms with Crippen molar-refractivity contribution in [1.82, 2.24) is 9.80 Å². The summed E-state index contributed by atoms with van der Waals surface area (Å²) in [5.74, 6) is -0.916. The van der Waals surface area contributed by atoms with Gasteiger partial charge in [-0.25, -0.2) is 16.8 Å². The van der Waals surface area contributed by atoms with Gasteiger partial charge in [-0.1, -0.05) is 70.7 Å². The first-order valence-corrected chi connectivity index (χ1v) is 18.6. The highest BCUT2D eigenvalue weighted by Crippen LogP contribution is 2.28. The van der Waals surface area contributed by atoms with E-state index in [0.29, 0.717) is 10.0 Å². The van der Waals surface area contributed by atoms with E-state index in [1.165, 1.54) is 46.2 Å². The second-order valence-electron chi connectivity index (χ2n) is 11.4. The van der Waals surface area contributed by atoms with Crippen LogP contribution in [0.15, 0.2) is 107 Å². The topological polar surface area (TPSA) is 115 Å². The average molecular weight is 730 g/mol. The van der Waals surface area contributed by atoms with Gasteiger partial charge >= 0.3 is 0 Å². The molecule has 4 aromatic carbocycles. The normalized spacial score (nSPS) is 13.7. The third-order valence-corrected chi connectivity index (χ3v) is 12.0. The Morgan fingerprint density at radius 2 is 0.917 bits per heavy atom. The van der Waals surface area contributed by atoms with Crippen LogP contribution in [0.4, 0.5) is 11.4 Å². The van der Waals surface area contributed by atoms with Gasteiger partial charge in [-0.2, -0.15) is 0 Å². The van der Waals surface area contributed by atoms with Crippen LogP contribution < -0.4 is 8.61 Å². The molecule has 2 amide bonds. The summed E-state index contributed by atoms with van der Waals surface area (Å²) in [6, 6.07) is 25.2. The maximum atomic E-state index is 13.8. The zero-order valence-corrected chi connectivity index (χ0v) is 29.4. The van der Waals surface area contributed by atoms with Crippen molar-refractivity contribution in [3.63, 3.8) is 0 Å². The Hall–Kier alpha value is -4.10. The van der Waals surface area contributed by atoms with E-state index in [-0.39, 0.29) is 47.3 Å². The van der Waals surface area contributed by atoms with E-state index < -0.39 is 45.0 Å². The number of benzene rings is 4. The Morgan fingerprint density at radius 1 is 0.583 bits per heavy atom. The lowest BCUT2D eigenvalue weighted by atomic mass is 10.2. The number of carbonyl (C=O) groups is 2. The third kappa shape index (κ3) is 7.95. The molecule has 0 atom stereocenters. The Labute approximate surface area is 291 Å². The zero-order chi connectivity index (χ0) is 34.6. The molecular formula is C34H34Cl2N4O6S2. The zero-order valence-electron chi connectivity index (χ0n) is 26.3. The Kier molecular flexibility index (Phi) is 10.7. The molecule has 0 unspecified atom stereocenters. The summed E-state index contributed by atoms with van der Waals surface area (Å²) >= 11 is 12.4. The molecule has 0 spiro atoms. The lowest BCUT2D eigenvalue weighted by Crippen LogP contribution is -2.55. The van der Waals surface area contributed by atoms with Crippen molar-refractivity contribution < 1.29 is 26.4 Å². The van der Waals surface area contributed by atoms with Crippen LogP contribution in [0.3, 0.4) is 0 Å². The van der Waals surface area contributed by atoms with E-state index in [1.807, 2.05) is 13.8 Å². The van der Waals surface area contributed by atoms with Crippen molar-refractivity contribution in [3.8, 4) is 0 Å². The van der Waals surface area contributed by atoms with Gasteiger partial charge in [0, 0.05) is 36.2 Å². The van der Waals surface area contributed by atoms with Crippen LogP contribution in [0.1, 0.15) is 11.1 Å². The van der Waals surface area contributed by atoms with E-state index in [9.17, 15) is 26.4 Å². The molecule has 5 rings (SSSR count). The smallest absolute Gasteiger partial charge is 0.264 e. The molecule has 48 heavy (non-hydrogen) atoms. The monoisotopic (exact) mass is 728 g/mol. The Morgan fingerprint density at radius 3 is 1.23 bits per heavy atom. The summed E-state index contributed by atoms with van der Waals surface area (Å²) in [4.78, 5) is 30.2. The Bertz CT molecular complexity index is 1870. The molecule has 1 aliphatic rings. The number of nitrogens with zero attached hydrogens (tertiary/aromatic N) is 4. The molecule has 0 radical (unpaired) electrons. The summed E-state index contributed by atoms with van der Waals surface area (Å²) < 4.78 is 57.1. The van der Waals surface area contributed by atoms with Gasteiger partial charge in [0.2, 0.25) is 11.8 Å². The van der Waals surface area contributed by atoms with Gasteiger partial charge in [0.15, 0.2) is 0 Å². The third-order valence-electron chi connectivity index (χ3n) is 7.95. The predicted octanol–water partition coefficient (Wildman–Crippen LogP) is 5.37. The van der Waals surface area contributed by atoms with Crippen LogP contribution in [0, 0.1) is 13.8 Å². The van der Waals surface area contributed by atoms with Gasteiger partial charge in [0.1, 0.15) is 13.1 Å². The van der Waals surface area contributed by atoms with Gasteiger partial charge in [-0.15, -0.1) is 0 Å². The van der Waals surface area contributed by atoms with Crippen molar-refractivity contribution in [2.24, 2.45) is 0 Å². The van der Waals surface area contributed by atoms with Crippen LogP contribution in [-0.4, -0.2) is 77.7 Å². The first kappa shape index (κ1) is 35.2. The molecule has 1 heterocycles. The number of sulfonamides is 2. The lowest BCUT2D eigenvalue weighted by Gasteiger charge is -2.37. The van der Waals surface area contributed by atoms with E-state index in [2.05, 4.69) is 0 Å². The molecule has 10 nitrogen and oxygen atoms in total. The molecule has 14 heteroatoms. The van der Waals surface area contributed by atoms with Crippen molar-refractivity contribution in [2.75, 3.05) is 47.9 Å². The number of carbonyl (C=O) groups excluding carboxylic acids is 2. The fraction of sp³-hybridized carbons (Fsp3) is 0.235. The summed E-state index contributed by atoms with van der Waals surface area (Å²) in [5.41, 5.74) is 2.24. The number of hydrogen-bond donors (Lipinski definition) is 0. The molecule has 1 saturated heterocycles. The van der Waals surface area contributed by atoms with E-state index >= 15 is 0 Å². The van der Waals surface area contributed by atoms with Gasteiger partial charge in [0.25, 0.3) is 20.0 Å². The van der Waals surface area contributed by atoms with E-state index in [4.69, 9.17) is 23.2 Å². The SMILES string of the molecule is Cc1ccc(S(=O)(=O)N(CC(=O)N2CCN(C(=O)CN(c3cccc(Cl)c3)S(=O)(=O)c3ccc(C)cc3)CC2)c2cccc(Cl)c2)cc1. The quantitative estimate of drug-likeness (QED) is 0.217. The van der Waals surface area contributed by atoms with Gasteiger partial charge in [0.05, 0.1) is 21.2 Å². The highest BCUT2D eigenvalue weighted by molar-refractivity contribution is 7.93. The molecule has 0 bridgehead atoms. The number of piperazine rings is 1. The van der Waals surface area contributed by atoms with Crippen molar-refractivity contribution in [2.45, 2.75) is 23.6 Å². The molecule has 0 N–H and O–H groups in total. The standard InChI is InChI=1S/C34H34Cl2N4O6S2/c1-25-9-13-31(14-10-25)47(43,44)39(29-7-3-5-27(35)21-29)23-33(41)37-17-19-38(20-18-37)34(42)24-40(30-8-4-6-28(36)22-30)48(45,46)32-15-11-26(2)12-16-32/h3-16,21-22H,17-20,23-24H2,1-2H3. The minimum Gasteiger partial charge on any atom is -0.338 e. The van der Waals surface area contributed by atoms with Crippen LogP contribution >= 0.6 is 23.2 Å². The van der Waals surface area contributed by atoms with Crippen molar-refractivity contribution in [1.29, 1.82) is 0 Å². The fourth-order valence-electron chi connectivity index (χ4n) is 5.22. The summed E-state index contributed by atoms with van der Waals surface area (Å²) in [6.07, 6.45) is 0. The maximum Gasteiger partial charge on any atom is 0.264 e. The molecule has 4 aromatic rings. The molecule has 1 fully saturated rings. The number of hydrogen-bond acceptors (Lipinski definition) is 6. The lowest BCUT2D eigenvalue weighted by molar-refractivity contribution is -0.137. The number of amides is 2. The fourth-order valence-corrected chi connectivity index (χ4v) is 8.40. The molecule has 1 aliphatic heterocycles. The van der Waals surface area contributed by atoms with Crippen LogP contribution in [-0.2, 0) is 29.6 Å². The number of rotatable bonds is 10. The molecular weight excluding hydrogens is 695 g/mol. The number of anilines is 2. The minimum absolute atomic E-state index is 0.0288. The van der Waals surface area contributed by atoms with Gasteiger partial charge < -0.3 is 9.80 Å². The summed E-state index contributed by atoms with van der Waals surface area (Å²) in [5, 5.41) is 0.625. The predicted molar refractivity (Wildman–Crippen MR) is 187 cm³/mol. The molecule has 0 saturated carbocycles. The number of aryl methyl sites for hydroxylation is 2. The van der Waals surface area contributed by atoms with Crippen molar-refractivity contribution >= 4 is 66.4 Å². The van der Waals surface area contributed by atoms with Crippen molar-refractivity contribution in [3.05, 3.63) is 118 Å². The number of halogens is 2. The largest absolute Gasteiger partial charge is 0.338 e. The highest BCUT2D eigenvalue weighted by Gasteiger charge is 2.33. The second-order valence-corrected chi connectivity index (χ2v) is 16.0. The Balaban J connectivity index is 1.31. The summed E-state index contributed by atoms with van der Waals surface area (Å²) in [7, 11) is -8.27. The van der Waals surface area contributed by atoms with Crippen LogP contribution in [0.5, 0.6) is 0 Å².